The Kier molecular flexibility index (Phi) is 54.3. The Morgan fingerprint density at radius 1 is 0.304 bits per heavy atom. The summed E-state index contributed by atoms with van der Waals surface area (Å²) < 4.78 is 16.9. The molecule has 0 amide bonds. The van der Waals surface area contributed by atoms with Gasteiger partial charge in [0, 0.05) is 19.3 Å². The van der Waals surface area contributed by atoms with Crippen molar-refractivity contribution in [2.75, 3.05) is 13.2 Å². The van der Waals surface area contributed by atoms with Crippen LogP contribution in [-0.4, -0.2) is 37.2 Å². The summed E-state index contributed by atoms with van der Waals surface area (Å²) in [4.78, 5) is 38.2. The molecule has 0 radical (unpaired) electrons. The van der Waals surface area contributed by atoms with Gasteiger partial charge in [-0.3, -0.25) is 14.4 Å². The van der Waals surface area contributed by atoms with Crippen molar-refractivity contribution < 1.29 is 28.6 Å². The standard InChI is InChI=1S/C63H108O6/c1-4-7-10-13-16-19-22-25-27-29-31-33-35-38-41-44-47-50-53-56-62(65)68-59-60(58-67-61(64)55-52-49-46-43-40-37-24-21-18-15-12-9-6-3)69-63(66)57-54-51-48-45-42-39-36-34-32-30-28-26-23-20-17-14-11-8-5-2/h7,10,16-17,19-20,25-28,31-34,60H,4-6,8-9,11-15,18,21-24,29-30,35-59H2,1-3H3/b10-7-,19-16-,20-17-,27-25-,28-26-,33-31-,34-32-. The molecule has 6 heteroatoms. The van der Waals surface area contributed by atoms with Gasteiger partial charge in [-0.15, -0.1) is 0 Å². The number of ether oxygens (including phenoxy) is 3. The van der Waals surface area contributed by atoms with Gasteiger partial charge in [0.2, 0.25) is 0 Å². The summed E-state index contributed by atoms with van der Waals surface area (Å²) in [5.41, 5.74) is 0. The van der Waals surface area contributed by atoms with Gasteiger partial charge in [0.15, 0.2) is 6.10 Å². The van der Waals surface area contributed by atoms with Gasteiger partial charge >= 0.3 is 17.9 Å². The SMILES string of the molecule is CC/C=C\C/C=C\C/C=C\C/C=C\CCCCCCCCC(=O)OCC(COC(=O)CCCCCCCCCCCCCCC)OC(=O)CCCCCCCC/C=C\C/C=C\C/C=C\CCCCC. The quantitative estimate of drug-likeness (QED) is 0.0262. The van der Waals surface area contributed by atoms with Crippen molar-refractivity contribution in [3.63, 3.8) is 0 Å². The highest BCUT2D eigenvalue weighted by Gasteiger charge is 2.19. The number of allylic oxidation sites excluding steroid dienone is 14. The minimum absolute atomic E-state index is 0.0848. The number of carbonyl (C=O) groups excluding carboxylic acids is 3. The van der Waals surface area contributed by atoms with Crippen molar-refractivity contribution in [3.8, 4) is 0 Å². The topological polar surface area (TPSA) is 78.9 Å². The lowest BCUT2D eigenvalue weighted by atomic mass is 10.0. The van der Waals surface area contributed by atoms with Crippen molar-refractivity contribution in [2.24, 2.45) is 0 Å². The molecule has 0 spiro atoms. The summed E-state index contributed by atoms with van der Waals surface area (Å²) in [6, 6.07) is 0. The second-order valence-corrected chi connectivity index (χ2v) is 19.2. The fourth-order valence-corrected chi connectivity index (χ4v) is 8.03. The Bertz CT molecular complexity index is 1330. The van der Waals surface area contributed by atoms with Crippen LogP contribution in [0.15, 0.2) is 85.1 Å². The van der Waals surface area contributed by atoms with Crippen LogP contribution in [0.4, 0.5) is 0 Å². The Morgan fingerprint density at radius 2 is 0.565 bits per heavy atom. The van der Waals surface area contributed by atoms with Crippen LogP contribution < -0.4 is 0 Å². The molecule has 0 N–H and O–H groups in total. The van der Waals surface area contributed by atoms with E-state index in [4.69, 9.17) is 14.2 Å². The fourth-order valence-electron chi connectivity index (χ4n) is 8.03. The highest BCUT2D eigenvalue weighted by atomic mass is 16.6. The van der Waals surface area contributed by atoms with Gasteiger partial charge < -0.3 is 14.2 Å². The van der Waals surface area contributed by atoms with Gasteiger partial charge in [-0.1, -0.05) is 247 Å². The molecule has 1 unspecified atom stereocenters. The molecule has 0 bridgehead atoms. The summed E-state index contributed by atoms with van der Waals surface area (Å²) in [6.07, 6.45) is 74.2. The molecular formula is C63H108O6. The van der Waals surface area contributed by atoms with Gasteiger partial charge in [0.1, 0.15) is 13.2 Å². The molecular weight excluding hydrogens is 853 g/mol. The second-order valence-electron chi connectivity index (χ2n) is 19.2. The number of hydrogen-bond acceptors (Lipinski definition) is 6. The molecule has 0 aliphatic rings. The minimum atomic E-state index is -0.789. The largest absolute Gasteiger partial charge is 0.462 e. The molecule has 0 heterocycles. The number of rotatable bonds is 52. The monoisotopic (exact) mass is 961 g/mol. The van der Waals surface area contributed by atoms with Crippen LogP contribution >= 0.6 is 0 Å². The van der Waals surface area contributed by atoms with Gasteiger partial charge in [-0.05, 0) is 96.3 Å². The third-order valence-corrected chi connectivity index (χ3v) is 12.4. The maximum absolute atomic E-state index is 12.9. The molecule has 0 aromatic carbocycles. The van der Waals surface area contributed by atoms with Crippen molar-refractivity contribution in [2.45, 2.75) is 284 Å². The van der Waals surface area contributed by atoms with E-state index in [2.05, 4.69) is 106 Å². The van der Waals surface area contributed by atoms with Crippen LogP contribution in [0.1, 0.15) is 278 Å². The summed E-state index contributed by atoms with van der Waals surface area (Å²) in [7, 11) is 0. The molecule has 0 fully saturated rings. The third kappa shape index (κ3) is 55.4. The molecule has 0 rings (SSSR count). The second kappa shape index (κ2) is 57.2. The summed E-state index contributed by atoms with van der Waals surface area (Å²) in [5.74, 6) is -0.905. The molecule has 0 aliphatic heterocycles. The predicted octanol–water partition coefficient (Wildman–Crippen LogP) is 19.5. The van der Waals surface area contributed by atoms with Crippen LogP contribution in [0.25, 0.3) is 0 Å². The fraction of sp³-hybridized carbons (Fsp3) is 0.730. The number of unbranched alkanes of at least 4 members (excludes halogenated alkanes) is 27. The smallest absolute Gasteiger partial charge is 0.306 e. The van der Waals surface area contributed by atoms with Gasteiger partial charge in [0.05, 0.1) is 0 Å². The Hall–Kier alpha value is -3.41. The van der Waals surface area contributed by atoms with E-state index >= 15 is 0 Å². The summed E-state index contributed by atoms with van der Waals surface area (Å²) >= 11 is 0. The van der Waals surface area contributed by atoms with Crippen molar-refractivity contribution >= 4 is 17.9 Å². The minimum Gasteiger partial charge on any atom is -0.462 e. The highest BCUT2D eigenvalue weighted by molar-refractivity contribution is 5.71. The van der Waals surface area contributed by atoms with E-state index in [1.807, 2.05) is 0 Å². The first-order chi connectivity index (χ1) is 34.0. The van der Waals surface area contributed by atoms with Crippen molar-refractivity contribution in [1.82, 2.24) is 0 Å². The Morgan fingerprint density at radius 3 is 0.913 bits per heavy atom. The molecule has 0 saturated heterocycles. The molecule has 0 saturated carbocycles. The number of carbonyl (C=O) groups is 3. The van der Waals surface area contributed by atoms with Crippen LogP contribution in [-0.2, 0) is 28.6 Å². The van der Waals surface area contributed by atoms with E-state index in [1.165, 1.54) is 122 Å². The first-order valence-corrected chi connectivity index (χ1v) is 29.1. The van der Waals surface area contributed by atoms with Crippen LogP contribution in [0.2, 0.25) is 0 Å². The van der Waals surface area contributed by atoms with E-state index < -0.39 is 6.10 Å². The van der Waals surface area contributed by atoms with Gasteiger partial charge in [-0.2, -0.15) is 0 Å². The predicted molar refractivity (Wildman–Crippen MR) is 297 cm³/mol. The molecule has 69 heavy (non-hydrogen) atoms. The molecule has 0 aromatic rings. The average molecular weight is 962 g/mol. The molecule has 1 atom stereocenters. The zero-order valence-electron chi connectivity index (χ0n) is 45.3. The lowest BCUT2D eigenvalue weighted by Gasteiger charge is -2.18. The zero-order chi connectivity index (χ0) is 50.0. The Balaban J connectivity index is 4.42. The van der Waals surface area contributed by atoms with Crippen LogP contribution in [0.3, 0.4) is 0 Å². The van der Waals surface area contributed by atoms with E-state index in [0.717, 1.165) is 116 Å². The van der Waals surface area contributed by atoms with Crippen molar-refractivity contribution in [3.05, 3.63) is 85.1 Å². The van der Waals surface area contributed by atoms with Crippen molar-refractivity contribution in [1.29, 1.82) is 0 Å². The summed E-state index contributed by atoms with van der Waals surface area (Å²) in [5, 5.41) is 0. The summed E-state index contributed by atoms with van der Waals surface area (Å²) in [6.45, 7) is 6.49. The first kappa shape index (κ1) is 65.6. The molecule has 396 valence electrons. The lowest BCUT2D eigenvalue weighted by Crippen LogP contribution is -2.30. The zero-order valence-corrected chi connectivity index (χ0v) is 45.3. The molecule has 0 aliphatic carbocycles. The maximum atomic E-state index is 12.9. The normalized spacial score (nSPS) is 12.7. The number of esters is 3. The van der Waals surface area contributed by atoms with Gasteiger partial charge in [-0.25, -0.2) is 0 Å². The maximum Gasteiger partial charge on any atom is 0.306 e. The van der Waals surface area contributed by atoms with Crippen LogP contribution in [0, 0.1) is 0 Å². The van der Waals surface area contributed by atoms with E-state index in [0.29, 0.717) is 19.3 Å². The van der Waals surface area contributed by atoms with E-state index in [9.17, 15) is 14.4 Å². The third-order valence-electron chi connectivity index (χ3n) is 12.4. The van der Waals surface area contributed by atoms with Crippen LogP contribution in [0.5, 0.6) is 0 Å². The lowest BCUT2D eigenvalue weighted by molar-refractivity contribution is -0.167. The average Bonchev–Trinajstić information content (AvgIpc) is 3.35. The number of hydrogen-bond donors (Lipinski definition) is 0. The Labute approximate surface area is 426 Å². The highest BCUT2D eigenvalue weighted by Crippen LogP contribution is 2.15. The first-order valence-electron chi connectivity index (χ1n) is 29.1. The van der Waals surface area contributed by atoms with E-state index in [-0.39, 0.29) is 31.1 Å². The van der Waals surface area contributed by atoms with Gasteiger partial charge in [0.25, 0.3) is 0 Å². The molecule has 6 nitrogen and oxygen atoms in total. The molecule has 0 aromatic heterocycles. The van der Waals surface area contributed by atoms with E-state index in [1.54, 1.807) is 0 Å².